The van der Waals surface area contributed by atoms with Gasteiger partial charge in [-0.05, 0) is 13.2 Å². The number of hydrogen-bond acceptors (Lipinski definition) is 6. The predicted molar refractivity (Wildman–Crippen MR) is 66.9 cm³/mol. The number of fused-ring (bicyclic) bond motifs is 1. The molecule has 1 N–H and O–H groups in total. The van der Waals surface area contributed by atoms with Gasteiger partial charge in [-0.2, -0.15) is 0 Å². The SMILES string of the molecule is CCOC(=O)c1nc(SC)nc2c(=O)n(C)[nH]c12. The van der Waals surface area contributed by atoms with Crippen molar-refractivity contribution in [1.29, 1.82) is 0 Å². The Morgan fingerprint density at radius 1 is 1.50 bits per heavy atom. The molecule has 96 valence electrons. The summed E-state index contributed by atoms with van der Waals surface area (Å²) < 4.78 is 6.17. The first-order chi connectivity index (χ1) is 8.58. The molecule has 0 aliphatic rings. The van der Waals surface area contributed by atoms with Crippen molar-refractivity contribution in [2.75, 3.05) is 12.9 Å². The van der Waals surface area contributed by atoms with E-state index in [1.807, 2.05) is 0 Å². The minimum Gasteiger partial charge on any atom is -0.461 e. The van der Waals surface area contributed by atoms with Gasteiger partial charge in [-0.15, -0.1) is 0 Å². The number of aryl methyl sites for hydroxylation is 1. The summed E-state index contributed by atoms with van der Waals surface area (Å²) in [4.78, 5) is 31.8. The van der Waals surface area contributed by atoms with Crippen molar-refractivity contribution >= 4 is 28.8 Å². The topological polar surface area (TPSA) is 89.9 Å². The van der Waals surface area contributed by atoms with E-state index < -0.39 is 5.97 Å². The molecule has 0 aliphatic heterocycles. The Hall–Kier alpha value is -1.83. The Bertz CT molecular complexity index is 661. The molecule has 2 aromatic rings. The lowest BCUT2D eigenvalue weighted by Gasteiger charge is -2.03. The number of carbonyl (C=O) groups excluding carboxylic acids is 1. The second-order valence-corrected chi connectivity index (χ2v) is 4.25. The zero-order valence-electron chi connectivity index (χ0n) is 10.2. The first kappa shape index (κ1) is 12.6. The number of carbonyl (C=O) groups is 1. The number of H-pyrrole nitrogens is 1. The van der Waals surface area contributed by atoms with Crippen molar-refractivity contribution in [3.05, 3.63) is 16.0 Å². The first-order valence-electron chi connectivity index (χ1n) is 5.26. The molecule has 0 saturated heterocycles. The molecule has 0 aromatic carbocycles. The number of ether oxygens (including phenoxy) is 1. The van der Waals surface area contributed by atoms with Gasteiger partial charge in [-0.25, -0.2) is 14.8 Å². The smallest absolute Gasteiger partial charge is 0.359 e. The second kappa shape index (κ2) is 4.81. The summed E-state index contributed by atoms with van der Waals surface area (Å²) in [6.07, 6.45) is 1.77. The van der Waals surface area contributed by atoms with Crippen LogP contribution < -0.4 is 5.56 Å². The number of hydrogen-bond donors (Lipinski definition) is 1. The van der Waals surface area contributed by atoms with Crippen molar-refractivity contribution in [2.45, 2.75) is 12.1 Å². The van der Waals surface area contributed by atoms with E-state index in [1.165, 1.54) is 16.4 Å². The molecule has 0 unspecified atom stereocenters. The van der Waals surface area contributed by atoms with E-state index in [9.17, 15) is 9.59 Å². The Kier molecular flexibility index (Phi) is 3.37. The van der Waals surface area contributed by atoms with E-state index in [0.29, 0.717) is 10.7 Å². The van der Waals surface area contributed by atoms with Gasteiger partial charge < -0.3 is 4.74 Å². The molecule has 7 nitrogen and oxygen atoms in total. The summed E-state index contributed by atoms with van der Waals surface area (Å²) in [5, 5.41) is 3.12. The Balaban J connectivity index is 2.74. The van der Waals surface area contributed by atoms with E-state index in [-0.39, 0.29) is 23.4 Å². The summed E-state index contributed by atoms with van der Waals surface area (Å²) in [5.41, 5.74) is 0.288. The summed E-state index contributed by atoms with van der Waals surface area (Å²) >= 11 is 1.26. The van der Waals surface area contributed by atoms with E-state index in [1.54, 1.807) is 20.2 Å². The van der Waals surface area contributed by atoms with Gasteiger partial charge in [0.2, 0.25) is 0 Å². The zero-order chi connectivity index (χ0) is 13.3. The van der Waals surface area contributed by atoms with E-state index >= 15 is 0 Å². The summed E-state index contributed by atoms with van der Waals surface area (Å²) in [7, 11) is 1.55. The quantitative estimate of drug-likeness (QED) is 0.497. The van der Waals surface area contributed by atoms with Crippen LogP contribution in [0.3, 0.4) is 0 Å². The molecule has 0 atom stereocenters. The van der Waals surface area contributed by atoms with Crippen molar-refractivity contribution in [3.63, 3.8) is 0 Å². The second-order valence-electron chi connectivity index (χ2n) is 3.48. The molecule has 2 heterocycles. The van der Waals surface area contributed by atoms with Crippen LogP contribution in [-0.2, 0) is 11.8 Å². The van der Waals surface area contributed by atoms with Crippen LogP contribution in [0.2, 0.25) is 0 Å². The number of nitrogens with zero attached hydrogens (tertiary/aromatic N) is 3. The van der Waals surface area contributed by atoms with E-state index in [0.717, 1.165) is 0 Å². The third-order valence-electron chi connectivity index (χ3n) is 2.33. The van der Waals surface area contributed by atoms with Gasteiger partial charge in [0.05, 0.1) is 6.61 Å². The predicted octanol–water partition coefficient (Wildman–Crippen LogP) is 0.555. The summed E-state index contributed by atoms with van der Waals surface area (Å²) in [6, 6.07) is 0. The highest BCUT2D eigenvalue weighted by Crippen LogP contribution is 2.16. The third kappa shape index (κ3) is 1.99. The largest absolute Gasteiger partial charge is 0.461 e. The minimum absolute atomic E-state index is 0.0869. The maximum Gasteiger partial charge on any atom is 0.359 e. The molecule has 18 heavy (non-hydrogen) atoms. The molecule has 2 rings (SSSR count). The van der Waals surface area contributed by atoms with Gasteiger partial charge in [-0.1, -0.05) is 11.8 Å². The van der Waals surface area contributed by atoms with Crippen molar-refractivity contribution < 1.29 is 9.53 Å². The fourth-order valence-electron chi connectivity index (χ4n) is 1.52. The molecular formula is C10H12N4O3S. The third-order valence-corrected chi connectivity index (χ3v) is 2.87. The number of aromatic nitrogens is 4. The van der Waals surface area contributed by atoms with Crippen molar-refractivity contribution in [3.8, 4) is 0 Å². The molecule has 0 saturated carbocycles. The van der Waals surface area contributed by atoms with Crippen LogP contribution in [0.5, 0.6) is 0 Å². The van der Waals surface area contributed by atoms with Crippen LogP contribution in [0.4, 0.5) is 0 Å². The highest BCUT2D eigenvalue weighted by atomic mass is 32.2. The van der Waals surface area contributed by atoms with Gasteiger partial charge in [0.25, 0.3) is 5.56 Å². The molecule has 0 bridgehead atoms. The summed E-state index contributed by atoms with van der Waals surface area (Å²) in [5.74, 6) is -0.568. The van der Waals surface area contributed by atoms with Crippen LogP contribution in [0, 0.1) is 0 Å². The zero-order valence-corrected chi connectivity index (χ0v) is 11.0. The molecule has 2 aromatic heterocycles. The first-order valence-corrected chi connectivity index (χ1v) is 6.48. The van der Waals surface area contributed by atoms with E-state index in [4.69, 9.17) is 4.74 Å². The van der Waals surface area contributed by atoms with Crippen LogP contribution in [-0.4, -0.2) is 38.6 Å². The fraction of sp³-hybridized carbons (Fsp3) is 0.400. The number of aromatic amines is 1. The average Bonchev–Trinajstić information content (AvgIpc) is 2.65. The van der Waals surface area contributed by atoms with Crippen LogP contribution in [0.1, 0.15) is 17.4 Å². The number of nitrogens with one attached hydrogen (secondary N) is 1. The fourth-order valence-corrected chi connectivity index (χ4v) is 1.88. The maximum atomic E-state index is 11.8. The van der Waals surface area contributed by atoms with Gasteiger partial charge in [0, 0.05) is 7.05 Å². The molecule has 0 aliphatic carbocycles. The lowest BCUT2D eigenvalue weighted by Crippen LogP contribution is -2.12. The van der Waals surface area contributed by atoms with Gasteiger partial charge in [0.15, 0.2) is 16.4 Å². The number of thioether (sulfide) groups is 1. The molecule has 8 heteroatoms. The summed E-state index contributed by atoms with van der Waals surface area (Å²) in [6.45, 7) is 1.95. The molecule has 0 fully saturated rings. The van der Waals surface area contributed by atoms with Crippen LogP contribution >= 0.6 is 11.8 Å². The van der Waals surface area contributed by atoms with Crippen molar-refractivity contribution in [1.82, 2.24) is 19.7 Å². The number of esters is 1. The average molecular weight is 268 g/mol. The minimum atomic E-state index is -0.568. The Labute approximate surface area is 107 Å². The van der Waals surface area contributed by atoms with E-state index in [2.05, 4.69) is 15.1 Å². The van der Waals surface area contributed by atoms with Gasteiger partial charge >= 0.3 is 5.97 Å². The Morgan fingerprint density at radius 3 is 2.83 bits per heavy atom. The van der Waals surface area contributed by atoms with Gasteiger partial charge in [0.1, 0.15) is 5.52 Å². The maximum absolute atomic E-state index is 11.8. The van der Waals surface area contributed by atoms with Crippen LogP contribution in [0.25, 0.3) is 11.0 Å². The lowest BCUT2D eigenvalue weighted by atomic mass is 10.3. The highest BCUT2D eigenvalue weighted by Gasteiger charge is 2.20. The van der Waals surface area contributed by atoms with Gasteiger partial charge in [-0.3, -0.25) is 14.6 Å². The number of rotatable bonds is 3. The highest BCUT2D eigenvalue weighted by molar-refractivity contribution is 7.98. The molecule has 0 radical (unpaired) electrons. The standard InChI is InChI=1S/C10H12N4O3S/c1-4-17-9(16)7-5-6(8(15)14(2)13-5)11-10(12-7)18-3/h13H,4H2,1-3H3. The Morgan fingerprint density at radius 2 is 2.22 bits per heavy atom. The molecule has 0 amide bonds. The van der Waals surface area contributed by atoms with Crippen LogP contribution in [0.15, 0.2) is 9.95 Å². The normalized spacial score (nSPS) is 10.8. The molecule has 0 spiro atoms. The molecular weight excluding hydrogens is 256 g/mol. The monoisotopic (exact) mass is 268 g/mol. The van der Waals surface area contributed by atoms with Crippen molar-refractivity contribution in [2.24, 2.45) is 7.05 Å². The lowest BCUT2D eigenvalue weighted by molar-refractivity contribution is 0.0520.